The van der Waals surface area contributed by atoms with Gasteiger partial charge in [-0.05, 0) is 56.2 Å². The van der Waals surface area contributed by atoms with Gasteiger partial charge in [-0.15, -0.1) is 0 Å². The van der Waals surface area contributed by atoms with E-state index >= 15 is 0 Å². The summed E-state index contributed by atoms with van der Waals surface area (Å²) in [7, 11) is 0. The lowest BCUT2D eigenvalue weighted by Crippen LogP contribution is -2.53. The SMILES string of the molecule is CC(O)C1CCN(C(=O)C2(c3cccc(F)c3)CCC2)CC1. The van der Waals surface area contributed by atoms with Crippen molar-refractivity contribution in [2.75, 3.05) is 13.1 Å². The standard InChI is InChI=1S/C18H24FNO2/c1-13(21)14-6-10-20(11-7-14)17(22)18(8-3-9-18)15-4-2-5-16(19)12-15/h2,4-5,12-14,21H,3,6-11H2,1H3. The van der Waals surface area contributed by atoms with Crippen LogP contribution in [0.4, 0.5) is 4.39 Å². The zero-order valence-corrected chi connectivity index (χ0v) is 13.1. The molecule has 0 aromatic heterocycles. The van der Waals surface area contributed by atoms with Gasteiger partial charge in [0.25, 0.3) is 0 Å². The molecule has 1 saturated heterocycles. The summed E-state index contributed by atoms with van der Waals surface area (Å²) in [5.41, 5.74) is 0.307. The first-order valence-electron chi connectivity index (χ1n) is 8.26. The molecule has 1 amide bonds. The molecule has 3 nitrogen and oxygen atoms in total. The van der Waals surface area contributed by atoms with E-state index in [4.69, 9.17) is 0 Å². The minimum atomic E-state index is -0.514. The van der Waals surface area contributed by atoms with Crippen LogP contribution in [0.15, 0.2) is 24.3 Å². The number of carbonyl (C=O) groups excluding carboxylic acids is 1. The van der Waals surface area contributed by atoms with Crippen LogP contribution in [0.5, 0.6) is 0 Å². The third kappa shape index (κ3) is 2.65. The Morgan fingerprint density at radius 1 is 1.36 bits per heavy atom. The molecule has 4 heteroatoms. The van der Waals surface area contributed by atoms with Gasteiger partial charge in [0.15, 0.2) is 0 Å². The Balaban J connectivity index is 1.76. The van der Waals surface area contributed by atoms with E-state index in [9.17, 15) is 14.3 Å². The summed E-state index contributed by atoms with van der Waals surface area (Å²) in [5, 5.41) is 9.68. The van der Waals surface area contributed by atoms with Crippen LogP contribution in [0, 0.1) is 11.7 Å². The maximum absolute atomic E-state index is 13.6. The van der Waals surface area contributed by atoms with Crippen molar-refractivity contribution in [3.05, 3.63) is 35.6 Å². The van der Waals surface area contributed by atoms with Crippen molar-refractivity contribution < 1.29 is 14.3 Å². The number of hydrogen-bond acceptors (Lipinski definition) is 2. The van der Waals surface area contributed by atoms with Crippen LogP contribution >= 0.6 is 0 Å². The van der Waals surface area contributed by atoms with Crippen LogP contribution in [-0.2, 0) is 10.2 Å². The molecule has 1 N–H and O–H groups in total. The zero-order chi connectivity index (χ0) is 15.7. The Hall–Kier alpha value is -1.42. The summed E-state index contributed by atoms with van der Waals surface area (Å²) in [5.74, 6) is 0.161. The van der Waals surface area contributed by atoms with Gasteiger partial charge in [0, 0.05) is 13.1 Å². The van der Waals surface area contributed by atoms with E-state index < -0.39 is 5.41 Å². The third-order valence-electron chi connectivity index (χ3n) is 5.50. The molecule has 1 aliphatic carbocycles. The normalized spacial score (nSPS) is 23.0. The lowest BCUT2D eigenvalue weighted by Gasteiger charge is -2.45. The van der Waals surface area contributed by atoms with Crippen molar-refractivity contribution in [1.29, 1.82) is 0 Å². The number of aliphatic hydroxyl groups is 1. The van der Waals surface area contributed by atoms with E-state index in [0.717, 1.165) is 37.7 Å². The Morgan fingerprint density at radius 3 is 2.55 bits per heavy atom. The van der Waals surface area contributed by atoms with Gasteiger partial charge in [-0.25, -0.2) is 4.39 Å². The van der Waals surface area contributed by atoms with E-state index in [0.29, 0.717) is 13.1 Å². The average Bonchev–Trinajstić information content (AvgIpc) is 2.46. The summed E-state index contributed by atoms with van der Waals surface area (Å²) in [6.07, 6.45) is 4.03. The smallest absolute Gasteiger partial charge is 0.233 e. The molecule has 0 spiro atoms. The molecule has 2 fully saturated rings. The minimum absolute atomic E-state index is 0.147. The molecular weight excluding hydrogens is 281 g/mol. The van der Waals surface area contributed by atoms with Gasteiger partial charge in [-0.3, -0.25) is 4.79 Å². The van der Waals surface area contributed by atoms with Gasteiger partial charge >= 0.3 is 0 Å². The maximum Gasteiger partial charge on any atom is 0.233 e. The lowest BCUT2D eigenvalue weighted by atomic mass is 9.63. The van der Waals surface area contributed by atoms with Crippen LogP contribution in [0.1, 0.15) is 44.6 Å². The van der Waals surface area contributed by atoms with Gasteiger partial charge in [-0.1, -0.05) is 18.6 Å². The molecule has 3 rings (SSSR count). The fraction of sp³-hybridized carbons (Fsp3) is 0.611. The summed E-state index contributed by atoms with van der Waals surface area (Å²) in [6.45, 7) is 3.22. The lowest BCUT2D eigenvalue weighted by molar-refractivity contribution is -0.143. The molecule has 1 aromatic carbocycles. The van der Waals surface area contributed by atoms with Gasteiger partial charge in [0.2, 0.25) is 5.91 Å². The van der Waals surface area contributed by atoms with Crippen LogP contribution in [0.25, 0.3) is 0 Å². The number of rotatable bonds is 3. The number of amides is 1. The largest absolute Gasteiger partial charge is 0.393 e. The predicted molar refractivity (Wildman–Crippen MR) is 82.9 cm³/mol. The predicted octanol–water partition coefficient (Wildman–Crippen LogP) is 2.87. The number of piperidine rings is 1. The highest BCUT2D eigenvalue weighted by Crippen LogP contribution is 2.45. The van der Waals surface area contributed by atoms with E-state index in [2.05, 4.69) is 0 Å². The first-order chi connectivity index (χ1) is 10.5. The molecule has 120 valence electrons. The Bertz CT molecular complexity index is 546. The Kier molecular flexibility index (Phi) is 4.22. The monoisotopic (exact) mass is 305 g/mol. The van der Waals surface area contributed by atoms with Crippen molar-refractivity contribution in [1.82, 2.24) is 4.90 Å². The fourth-order valence-electron chi connectivity index (χ4n) is 3.83. The molecular formula is C18H24FNO2. The van der Waals surface area contributed by atoms with Gasteiger partial charge in [-0.2, -0.15) is 0 Å². The van der Waals surface area contributed by atoms with Crippen molar-refractivity contribution in [2.45, 2.75) is 50.5 Å². The summed E-state index contributed by atoms with van der Waals surface area (Å²) >= 11 is 0. The fourth-order valence-corrected chi connectivity index (χ4v) is 3.83. The maximum atomic E-state index is 13.6. The number of halogens is 1. The molecule has 1 aliphatic heterocycles. The van der Waals surface area contributed by atoms with E-state index in [1.54, 1.807) is 6.07 Å². The number of likely N-dealkylation sites (tertiary alicyclic amines) is 1. The number of hydrogen-bond donors (Lipinski definition) is 1. The molecule has 1 unspecified atom stereocenters. The van der Waals surface area contributed by atoms with Gasteiger partial charge in [0.1, 0.15) is 5.82 Å². The third-order valence-corrected chi connectivity index (χ3v) is 5.50. The number of aliphatic hydroxyl groups excluding tert-OH is 1. The molecule has 1 saturated carbocycles. The quantitative estimate of drug-likeness (QED) is 0.933. The highest BCUT2D eigenvalue weighted by atomic mass is 19.1. The summed E-state index contributed by atoms with van der Waals surface area (Å²) in [6, 6.07) is 6.51. The van der Waals surface area contributed by atoms with Crippen molar-refractivity contribution in [3.8, 4) is 0 Å². The van der Waals surface area contributed by atoms with Gasteiger partial charge in [0.05, 0.1) is 11.5 Å². The first kappa shape index (κ1) is 15.5. The average molecular weight is 305 g/mol. The molecule has 0 bridgehead atoms. The van der Waals surface area contributed by atoms with Crippen LogP contribution in [0.2, 0.25) is 0 Å². The topological polar surface area (TPSA) is 40.5 Å². The van der Waals surface area contributed by atoms with Crippen molar-refractivity contribution in [3.63, 3.8) is 0 Å². The summed E-state index contributed by atoms with van der Waals surface area (Å²) < 4.78 is 13.6. The highest BCUT2D eigenvalue weighted by Gasteiger charge is 2.48. The summed E-state index contributed by atoms with van der Waals surface area (Å²) in [4.78, 5) is 15.0. The molecule has 2 aliphatic rings. The highest BCUT2D eigenvalue weighted by molar-refractivity contribution is 5.89. The van der Waals surface area contributed by atoms with Crippen LogP contribution in [0.3, 0.4) is 0 Å². The zero-order valence-electron chi connectivity index (χ0n) is 13.1. The van der Waals surface area contributed by atoms with Crippen molar-refractivity contribution in [2.24, 2.45) is 5.92 Å². The second-order valence-electron chi connectivity index (χ2n) is 6.82. The minimum Gasteiger partial charge on any atom is -0.393 e. The van der Waals surface area contributed by atoms with E-state index in [1.807, 2.05) is 17.9 Å². The second-order valence-corrected chi connectivity index (χ2v) is 6.82. The molecule has 1 heterocycles. The number of carbonyl (C=O) groups is 1. The number of benzene rings is 1. The van der Waals surface area contributed by atoms with E-state index in [-0.39, 0.29) is 23.7 Å². The molecule has 0 radical (unpaired) electrons. The molecule has 22 heavy (non-hydrogen) atoms. The number of nitrogens with zero attached hydrogens (tertiary/aromatic N) is 1. The Morgan fingerprint density at radius 2 is 2.05 bits per heavy atom. The molecule has 1 atom stereocenters. The van der Waals surface area contributed by atoms with E-state index in [1.165, 1.54) is 12.1 Å². The van der Waals surface area contributed by atoms with Crippen LogP contribution < -0.4 is 0 Å². The second kappa shape index (κ2) is 5.99. The van der Waals surface area contributed by atoms with Crippen molar-refractivity contribution >= 4 is 5.91 Å². The molecule has 1 aromatic rings. The van der Waals surface area contributed by atoms with Crippen LogP contribution in [-0.4, -0.2) is 35.1 Å². The van der Waals surface area contributed by atoms with Gasteiger partial charge < -0.3 is 10.0 Å². The Labute approximate surface area is 131 Å². The first-order valence-corrected chi connectivity index (χ1v) is 8.26.